The Labute approximate surface area is 154 Å². The molecule has 0 aliphatic heterocycles. The molecule has 142 valence electrons. The number of aryl methyl sites for hydroxylation is 1. The first-order valence-electron chi connectivity index (χ1n) is 8.63. The quantitative estimate of drug-likeness (QED) is 0.814. The zero-order valence-electron chi connectivity index (χ0n) is 14.7. The minimum atomic E-state index is -4.67. The molecule has 0 spiro atoms. The third kappa shape index (κ3) is 4.30. The molecule has 0 saturated carbocycles. The van der Waals surface area contributed by atoms with Crippen molar-refractivity contribution in [2.24, 2.45) is 0 Å². The highest BCUT2D eigenvalue weighted by Crippen LogP contribution is 2.38. The maximum atomic E-state index is 13.4. The Balaban J connectivity index is 1.89. The van der Waals surface area contributed by atoms with Crippen LogP contribution in [0.1, 0.15) is 42.4 Å². The molecule has 1 atom stereocenters. The van der Waals surface area contributed by atoms with Crippen LogP contribution in [0, 0.1) is 0 Å². The number of carbonyl (C=O) groups is 2. The van der Waals surface area contributed by atoms with Crippen LogP contribution in [0.3, 0.4) is 0 Å². The molecule has 1 aliphatic rings. The van der Waals surface area contributed by atoms with E-state index in [1.807, 2.05) is 24.3 Å². The van der Waals surface area contributed by atoms with Crippen LogP contribution >= 0.6 is 0 Å². The molecule has 4 nitrogen and oxygen atoms in total. The van der Waals surface area contributed by atoms with E-state index in [4.69, 9.17) is 0 Å². The molecular weight excluding hydrogens is 357 g/mol. The van der Waals surface area contributed by atoms with E-state index in [2.05, 4.69) is 10.6 Å². The SMILES string of the molecule is CC(=O)Nc1ccc(NC(=O)C2CCCc3ccccc32)c(C(F)(F)F)c1. The van der Waals surface area contributed by atoms with Crippen LogP contribution in [-0.2, 0) is 22.2 Å². The number of anilines is 2. The van der Waals surface area contributed by atoms with Gasteiger partial charge in [-0.25, -0.2) is 0 Å². The predicted molar refractivity (Wildman–Crippen MR) is 96.5 cm³/mol. The van der Waals surface area contributed by atoms with Crippen LogP contribution in [0.15, 0.2) is 42.5 Å². The van der Waals surface area contributed by atoms with E-state index in [0.29, 0.717) is 6.42 Å². The summed E-state index contributed by atoms with van der Waals surface area (Å²) in [7, 11) is 0. The summed E-state index contributed by atoms with van der Waals surface area (Å²) in [6.07, 6.45) is -2.41. The Morgan fingerprint density at radius 2 is 1.81 bits per heavy atom. The minimum absolute atomic E-state index is 0.0239. The van der Waals surface area contributed by atoms with Crippen LogP contribution in [-0.4, -0.2) is 11.8 Å². The smallest absolute Gasteiger partial charge is 0.326 e. The topological polar surface area (TPSA) is 58.2 Å². The summed E-state index contributed by atoms with van der Waals surface area (Å²) >= 11 is 0. The molecular formula is C20H19F3N2O2. The lowest BCUT2D eigenvalue weighted by Gasteiger charge is -2.25. The van der Waals surface area contributed by atoms with E-state index in [0.717, 1.165) is 30.0 Å². The number of amides is 2. The average molecular weight is 376 g/mol. The molecule has 0 radical (unpaired) electrons. The average Bonchev–Trinajstić information content (AvgIpc) is 2.61. The van der Waals surface area contributed by atoms with Crippen molar-refractivity contribution >= 4 is 23.2 Å². The zero-order valence-corrected chi connectivity index (χ0v) is 14.7. The Morgan fingerprint density at radius 3 is 2.52 bits per heavy atom. The fourth-order valence-electron chi connectivity index (χ4n) is 3.41. The van der Waals surface area contributed by atoms with Crippen LogP contribution in [0.5, 0.6) is 0 Å². The third-order valence-electron chi connectivity index (χ3n) is 4.59. The first kappa shape index (κ1) is 18.9. The van der Waals surface area contributed by atoms with Gasteiger partial charge >= 0.3 is 6.18 Å². The van der Waals surface area contributed by atoms with Crippen molar-refractivity contribution in [3.8, 4) is 0 Å². The van der Waals surface area contributed by atoms with Crippen LogP contribution in [0.25, 0.3) is 0 Å². The molecule has 2 aromatic carbocycles. The maximum absolute atomic E-state index is 13.4. The van der Waals surface area contributed by atoms with Crippen molar-refractivity contribution in [2.45, 2.75) is 38.3 Å². The molecule has 2 amide bonds. The second kappa shape index (κ2) is 7.42. The van der Waals surface area contributed by atoms with Gasteiger partial charge in [0.15, 0.2) is 0 Å². The minimum Gasteiger partial charge on any atom is -0.326 e. The van der Waals surface area contributed by atoms with Gasteiger partial charge in [-0.2, -0.15) is 13.2 Å². The monoisotopic (exact) mass is 376 g/mol. The number of hydrogen-bond acceptors (Lipinski definition) is 2. The second-order valence-electron chi connectivity index (χ2n) is 6.57. The second-order valence-corrected chi connectivity index (χ2v) is 6.57. The van der Waals surface area contributed by atoms with Gasteiger partial charge in [-0.3, -0.25) is 9.59 Å². The lowest BCUT2D eigenvalue weighted by molar-refractivity contribution is -0.137. The molecule has 2 N–H and O–H groups in total. The van der Waals surface area contributed by atoms with Gasteiger partial charge in [0.1, 0.15) is 0 Å². The van der Waals surface area contributed by atoms with Crippen molar-refractivity contribution in [3.63, 3.8) is 0 Å². The van der Waals surface area contributed by atoms with Gasteiger partial charge in [0.25, 0.3) is 0 Å². The van der Waals surface area contributed by atoms with Crippen LogP contribution in [0.2, 0.25) is 0 Å². The Morgan fingerprint density at radius 1 is 1.07 bits per heavy atom. The first-order chi connectivity index (χ1) is 12.8. The maximum Gasteiger partial charge on any atom is 0.418 e. The lowest BCUT2D eigenvalue weighted by atomic mass is 9.82. The Kier molecular flexibility index (Phi) is 5.21. The van der Waals surface area contributed by atoms with Gasteiger partial charge in [-0.15, -0.1) is 0 Å². The fourth-order valence-corrected chi connectivity index (χ4v) is 3.41. The molecule has 7 heteroatoms. The molecule has 1 unspecified atom stereocenters. The molecule has 1 aliphatic carbocycles. The lowest BCUT2D eigenvalue weighted by Crippen LogP contribution is -2.26. The largest absolute Gasteiger partial charge is 0.418 e. The molecule has 0 fully saturated rings. The normalized spacial score (nSPS) is 16.4. The first-order valence-corrected chi connectivity index (χ1v) is 8.63. The molecule has 0 saturated heterocycles. The summed E-state index contributed by atoms with van der Waals surface area (Å²) in [5.74, 6) is -1.41. The van der Waals surface area contributed by atoms with Crippen LogP contribution < -0.4 is 10.6 Å². The van der Waals surface area contributed by atoms with Gasteiger partial charge in [0.2, 0.25) is 11.8 Å². The summed E-state index contributed by atoms with van der Waals surface area (Å²) in [6, 6.07) is 10.8. The predicted octanol–water partition coefficient (Wildman–Crippen LogP) is 4.72. The van der Waals surface area contributed by atoms with E-state index in [1.54, 1.807) is 0 Å². The molecule has 0 heterocycles. The Hall–Kier alpha value is -2.83. The van der Waals surface area contributed by atoms with Crippen LogP contribution in [0.4, 0.5) is 24.5 Å². The van der Waals surface area contributed by atoms with Crippen molar-refractivity contribution in [3.05, 3.63) is 59.2 Å². The molecule has 3 rings (SSSR count). The van der Waals surface area contributed by atoms with Gasteiger partial charge in [-0.1, -0.05) is 24.3 Å². The van der Waals surface area contributed by atoms with Gasteiger partial charge in [-0.05, 0) is 48.6 Å². The number of halogens is 3. The van der Waals surface area contributed by atoms with Crippen molar-refractivity contribution < 1.29 is 22.8 Å². The van der Waals surface area contributed by atoms with Gasteiger partial charge < -0.3 is 10.6 Å². The van der Waals surface area contributed by atoms with E-state index >= 15 is 0 Å². The summed E-state index contributed by atoms with van der Waals surface area (Å²) < 4.78 is 40.3. The molecule has 0 aromatic heterocycles. The summed E-state index contributed by atoms with van der Waals surface area (Å²) in [5, 5.41) is 4.76. The molecule has 2 aromatic rings. The number of fused-ring (bicyclic) bond motifs is 1. The summed E-state index contributed by atoms with van der Waals surface area (Å²) in [6.45, 7) is 1.21. The number of hydrogen-bond donors (Lipinski definition) is 2. The molecule has 27 heavy (non-hydrogen) atoms. The van der Waals surface area contributed by atoms with Crippen molar-refractivity contribution in [1.82, 2.24) is 0 Å². The van der Waals surface area contributed by atoms with Gasteiger partial charge in [0, 0.05) is 12.6 Å². The number of carbonyl (C=O) groups excluding carboxylic acids is 2. The Bertz CT molecular complexity index is 878. The highest BCUT2D eigenvalue weighted by molar-refractivity contribution is 5.97. The van der Waals surface area contributed by atoms with Crippen molar-refractivity contribution in [2.75, 3.05) is 10.6 Å². The van der Waals surface area contributed by atoms with E-state index in [-0.39, 0.29) is 11.4 Å². The number of benzene rings is 2. The van der Waals surface area contributed by atoms with Crippen molar-refractivity contribution in [1.29, 1.82) is 0 Å². The highest BCUT2D eigenvalue weighted by Gasteiger charge is 2.35. The third-order valence-corrected chi connectivity index (χ3v) is 4.59. The fraction of sp³-hybridized carbons (Fsp3) is 0.300. The summed E-state index contributed by atoms with van der Waals surface area (Å²) in [5.41, 5.74) is 0.636. The van der Waals surface area contributed by atoms with E-state index in [9.17, 15) is 22.8 Å². The number of rotatable bonds is 3. The standard InChI is InChI=1S/C20H19F3N2O2/c1-12(26)24-14-9-10-18(17(11-14)20(21,22)23)25-19(27)16-8-4-6-13-5-2-3-7-15(13)16/h2-3,5,7,9-11,16H,4,6,8H2,1H3,(H,24,26)(H,25,27). The molecule has 0 bridgehead atoms. The number of alkyl halides is 3. The van der Waals surface area contributed by atoms with Gasteiger partial charge in [0.05, 0.1) is 17.2 Å². The summed E-state index contributed by atoms with van der Waals surface area (Å²) in [4.78, 5) is 23.8. The number of nitrogens with one attached hydrogen (secondary N) is 2. The van der Waals surface area contributed by atoms with E-state index in [1.165, 1.54) is 19.1 Å². The van der Waals surface area contributed by atoms with E-state index < -0.39 is 29.5 Å². The zero-order chi connectivity index (χ0) is 19.6. The highest BCUT2D eigenvalue weighted by atomic mass is 19.4.